The quantitative estimate of drug-likeness (QED) is 0.884. The molecule has 3 heterocycles. The molecule has 3 rings (SSSR count). The van der Waals surface area contributed by atoms with E-state index < -0.39 is 0 Å². The minimum atomic E-state index is 0.124. The van der Waals surface area contributed by atoms with Crippen molar-refractivity contribution in [1.82, 2.24) is 9.97 Å². The van der Waals surface area contributed by atoms with Gasteiger partial charge in [-0.15, -0.1) is 0 Å². The highest BCUT2D eigenvalue weighted by atomic mass is 16.5. The zero-order chi connectivity index (χ0) is 12.5. The number of anilines is 1. The van der Waals surface area contributed by atoms with Crippen LogP contribution in [0.3, 0.4) is 0 Å². The van der Waals surface area contributed by atoms with Crippen LogP contribution in [0.25, 0.3) is 0 Å². The van der Waals surface area contributed by atoms with Gasteiger partial charge in [0.05, 0.1) is 24.4 Å². The van der Waals surface area contributed by atoms with E-state index in [-0.39, 0.29) is 6.10 Å². The van der Waals surface area contributed by atoms with E-state index in [1.807, 2.05) is 19.9 Å². The third kappa shape index (κ3) is 2.41. The van der Waals surface area contributed by atoms with Crippen molar-refractivity contribution in [2.24, 2.45) is 0 Å². The number of hydrogen-bond donors (Lipinski definition) is 1. The standard InChI is InChI=1S/C13H19N3O2/c1-8(2)17-13-6-12(14-7-15-13)16-10-5-9-3-4-11(10)18-9/h6-11H,3-5H2,1-2H3,(H,14,15,16). The molecule has 0 amide bonds. The van der Waals surface area contributed by atoms with E-state index in [1.54, 1.807) is 0 Å². The van der Waals surface area contributed by atoms with E-state index >= 15 is 0 Å². The Morgan fingerprint density at radius 1 is 1.39 bits per heavy atom. The van der Waals surface area contributed by atoms with Crippen LogP contribution in [-0.2, 0) is 4.74 Å². The fraction of sp³-hybridized carbons (Fsp3) is 0.692. The molecule has 1 aromatic rings. The molecule has 2 saturated heterocycles. The van der Waals surface area contributed by atoms with Crippen molar-refractivity contribution in [2.75, 3.05) is 5.32 Å². The maximum absolute atomic E-state index is 5.81. The van der Waals surface area contributed by atoms with Gasteiger partial charge in [-0.2, -0.15) is 0 Å². The van der Waals surface area contributed by atoms with Gasteiger partial charge in [0.15, 0.2) is 0 Å². The Labute approximate surface area is 107 Å². The zero-order valence-corrected chi connectivity index (χ0v) is 10.8. The Bertz CT molecular complexity index is 424. The van der Waals surface area contributed by atoms with Crippen LogP contribution in [0, 0.1) is 0 Å². The largest absolute Gasteiger partial charge is 0.475 e. The second-order valence-electron chi connectivity index (χ2n) is 5.27. The summed E-state index contributed by atoms with van der Waals surface area (Å²) in [6.07, 6.45) is 5.89. The number of nitrogens with one attached hydrogen (secondary N) is 1. The van der Waals surface area contributed by atoms with E-state index in [4.69, 9.17) is 9.47 Å². The molecule has 0 saturated carbocycles. The summed E-state index contributed by atoms with van der Waals surface area (Å²) in [6, 6.07) is 2.23. The van der Waals surface area contributed by atoms with Crippen LogP contribution in [0.5, 0.6) is 5.88 Å². The molecular weight excluding hydrogens is 230 g/mol. The number of ether oxygens (including phenoxy) is 2. The fourth-order valence-electron chi connectivity index (χ4n) is 2.70. The average molecular weight is 249 g/mol. The summed E-state index contributed by atoms with van der Waals surface area (Å²) in [5, 5.41) is 3.43. The summed E-state index contributed by atoms with van der Waals surface area (Å²) in [5.41, 5.74) is 0. The molecule has 1 N–H and O–H groups in total. The first-order chi connectivity index (χ1) is 8.70. The first kappa shape index (κ1) is 11.7. The molecule has 2 aliphatic rings. The van der Waals surface area contributed by atoms with Crippen molar-refractivity contribution >= 4 is 5.82 Å². The first-order valence-electron chi connectivity index (χ1n) is 6.61. The van der Waals surface area contributed by atoms with Gasteiger partial charge in [0, 0.05) is 6.07 Å². The molecule has 3 unspecified atom stereocenters. The third-order valence-electron chi connectivity index (χ3n) is 3.44. The smallest absolute Gasteiger partial charge is 0.218 e. The van der Waals surface area contributed by atoms with Gasteiger partial charge in [0.25, 0.3) is 0 Å². The molecule has 2 bridgehead atoms. The lowest BCUT2D eigenvalue weighted by Gasteiger charge is -2.20. The Morgan fingerprint density at radius 3 is 2.94 bits per heavy atom. The summed E-state index contributed by atoms with van der Waals surface area (Å²) in [6.45, 7) is 3.97. The van der Waals surface area contributed by atoms with Crippen molar-refractivity contribution in [3.8, 4) is 5.88 Å². The normalized spacial score (nSPS) is 29.8. The molecule has 1 aromatic heterocycles. The van der Waals surface area contributed by atoms with Crippen LogP contribution in [0.1, 0.15) is 33.1 Å². The minimum absolute atomic E-state index is 0.124. The Morgan fingerprint density at radius 2 is 2.28 bits per heavy atom. The van der Waals surface area contributed by atoms with Crippen molar-refractivity contribution in [1.29, 1.82) is 0 Å². The minimum Gasteiger partial charge on any atom is -0.475 e. The van der Waals surface area contributed by atoms with Gasteiger partial charge >= 0.3 is 0 Å². The summed E-state index contributed by atoms with van der Waals surface area (Å²) in [7, 11) is 0. The van der Waals surface area contributed by atoms with Crippen molar-refractivity contribution in [3.63, 3.8) is 0 Å². The lowest BCUT2D eigenvalue weighted by Crippen LogP contribution is -2.30. The van der Waals surface area contributed by atoms with Crippen molar-refractivity contribution in [3.05, 3.63) is 12.4 Å². The maximum atomic E-state index is 5.81. The van der Waals surface area contributed by atoms with Gasteiger partial charge < -0.3 is 14.8 Å². The van der Waals surface area contributed by atoms with E-state index in [0.29, 0.717) is 24.1 Å². The molecule has 5 heteroatoms. The molecular formula is C13H19N3O2. The molecule has 0 aliphatic carbocycles. The molecule has 0 aromatic carbocycles. The van der Waals surface area contributed by atoms with Crippen LogP contribution < -0.4 is 10.1 Å². The molecule has 3 atom stereocenters. The van der Waals surface area contributed by atoms with Gasteiger partial charge in [-0.1, -0.05) is 0 Å². The highest BCUT2D eigenvalue weighted by Crippen LogP contribution is 2.35. The van der Waals surface area contributed by atoms with E-state index in [0.717, 1.165) is 18.7 Å². The molecule has 0 spiro atoms. The molecule has 2 aliphatic heterocycles. The highest BCUT2D eigenvalue weighted by Gasteiger charge is 2.40. The monoisotopic (exact) mass is 249 g/mol. The number of nitrogens with zero attached hydrogens (tertiary/aromatic N) is 2. The number of aromatic nitrogens is 2. The van der Waals surface area contributed by atoms with Crippen LogP contribution in [0.2, 0.25) is 0 Å². The lowest BCUT2D eigenvalue weighted by molar-refractivity contribution is 0.102. The van der Waals surface area contributed by atoms with Gasteiger partial charge in [0.2, 0.25) is 5.88 Å². The SMILES string of the molecule is CC(C)Oc1cc(NC2CC3CCC2O3)ncn1. The second kappa shape index (κ2) is 4.72. The van der Waals surface area contributed by atoms with Crippen LogP contribution in [0.4, 0.5) is 5.82 Å². The average Bonchev–Trinajstić information content (AvgIpc) is 2.90. The first-order valence-corrected chi connectivity index (χ1v) is 6.61. The van der Waals surface area contributed by atoms with Gasteiger partial charge in [0.1, 0.15) is 12.1 Å². The van der Waals surface area contributed by atoms with Crippen molar-refractivity contribution in [2.45, 2.75) is 57.5 Å². The van der Waals surface area contributed by atoms with Gasteiger partial charge in [-0.3, -0.25) is 0 Å². The van der Waals surface area contributed by atoms with Crippen LogP contribution >= 0.6 is 0 Å². The highest BCUT2D eigenvalue weighted by molar-refractivity contribution is 5.39. The van der Waals surface area contributed by atoms with E-state index in [1.165, 1.54) is 12.7 Å². The molecule has 5 nitrogen and oxygen atoms in total. The Kier molecular flexibility index (Phi) is 3.07. The summed E-state index contributed by atoms with van der Waals surface area (Å²) in [5.74, 6) is 1.44. The second-order valence-corrected chi connectivity index (χ2v) is 5.27. The Balaban J connectivity index is 1.65. The number of rotatable bonds is 4. The zero-order valence-electron chi connectivity index (χ0n) is 10.8. The van der Waals surface area contributed by atoms with Gasteiger partial charge in [-0.25, -0.2) is 9.97 Å². The molecule has 2 fully saturated rings. The van der Waals surface area contributed by atoms with Crippen LogP contribution in [-0.4, -0.2) is 34.3 Å². The van der Waals surface area contributed by atoms with Gasteiger partial charge in [-0.05, 0) is 33.1 Å². The topological polar surface area (TPSA) is 56.3 Å². The fourth-order valence-corrected chi connectivity index (χ4v) is 2.70. The van der Waals surface area contributed by atoms with E-state index in [9.17, 15) is 0 Å². The third-order valence-corrected chi connectivity index (χ3v) is 3.44. The lowest BCUT2D eigenvalue weighted by atomic mass is 9.95. The summed E-state index contributed by atoms with van der Waals surface area (Å²) < 4.78 is 11.4. The maximum Gasteiger partial charge on any atom is 0.218 e. The van der Waals surface area contributed by atoms with Crippen molar-refractivity contribution < 1.29 is 9.47 Å². The predicted molar refractivity (Wildman–Crippen MR) is 67.7 cm³/mol. The summed E-state index contributed by atoms with van der Waals surface area (Å²) in [4.78, 5) is 8.33. The van der Waals surface area contributed by atoms with E-state index in [2.05, 4.69) is 15.3 Å². The number of hydrogen-bond acceptors (Lipinski definition) is 5. The predicted octanol–water partition coefficient (Wildman–Crippen LogP) is 2.00. The Hall–Kier alpha value is -1.36. The molecule has 0 radical (unpaired) electrons. The number of fused-ring (bicyclic) bond motifs is 2. The molecule has 98 valence electrons. The van der Waals surface area contributed by atoms with Crippen LogP contribution in [0.15, 0.2) is 12.4 Å². The molecule has 18 heavy (non-hydrogen) atoms. The summed E-state index contributed by atoms with van der Waals surface area (Å²) >= 11 is 0.